The fraction of sp³-hybridized carbons (Fsp3) is 0.476. The van der Waals surface area contributed by atoms with Gasteiger partial charge in [0.05, 0.1) is 0 Å². The number of aryl methyl sites for hydroxylation is 1. The Hall–Kier alpha value is -3.07. The van der Waals surface area contributed by atoms with E-state index in [1.165, 1.54) is 0 Å². The zero-order chi connectivity index (χ0) is 20.8. The van der Waals surface area contributed by atoms with E-state index in [2.05, 4.69) is 10.4 Å². The molecule has 9 heteroatoms. The molecule has 30 heavy (non-hydrogen) atoms. The molecule has 1 aromatic heterocycles. The monoisotopic (exact) mass is 409 g/mol. The number of piperidine rings is 1. The standard InChI is InChI=1S/C21H23N5O4/c1-25-19(12-6-8-30-9-7-12)23-18(24-25)13-2-3-15-14(10-13)11-26(21(15)29)16-4-5-17(27)22-20(16)28/h2-3,10,12,16H,4-9,11H2,1H3,(H,22,27,28). The summed E-state index contributed by atoms with van der Waals surface area (Å²) in [6.07, 6.45) is 2.47. The number of nitrogens with one attached hydrogen (secondary N) is 1. The number of carbonyl (C=O) groups is 3. The van der Waals surface area contributed by atoms with E-state index >= 15 is 0 Å². The van der Waals surface area contributed by atoms with Crippen molar-refractivity contribution in [3.8, 4) is 11.4 Å². The first-order valence-electron chi connectivity index (χ1n) is 10.3. The van der Waals surface area contributed by atoms with Gasteiger partial charge in [0.2, 0.25) is 11.8 Å². The molecule has 1 N–H and O–H groups in total. The Morgan fingerprint density at radius 1 is 1.13 bits per heavy atom. The van der Waals surface area contributed by atoms with Gasteiger partial charge < -0.3 is 9.64 Å². The minimum Gasteiger partial charge on any atom is -0.381 e. The van der Waals surface area contributed by atoms with Gasteiger partial charge in [-0.3, -0.25) is 24.4 Å². The van der Waals surface area contributed by atoms with Crippen LogP contribution in [-0.4, -0.2) is 56.6 Å². The fourth-order valence-electron chi connectivity index (χ4n) is 4.54. The molecule has 5 rings (SSSR count). The number of fused-ring (bicyclic) bond motifs is 1. The number of carbonyl (C=O) groups excluding carboxylic acids is 3. The molecule has 1 atom stereocenters. The predicted octanol–water partition coefficient (Wildman–Crippen LogP) is 1.14. The number of amides is 3. The van der Waals surface area contributed by atoms with Gasteiger partial charge in [0.1, 0.15) is 11.9 Å². The third kappa shape index (κ3) is 3.19. The fourth-order valence-corrected chi connectivity index (χ4v) is 4.54. The van der Waals surface area contributed by atoms with Crippen LogP contribution < -0.4 is 5.32 Å². The van der Waals surface area contributed by atoms with Crippen molar-refractivity contribution in [2.45, 2.75) is 44.2 Å². The Bertz CT molecular complexity index is 1040. The van der Waals surface area contributed by atoms with Crippen molar-refractivity contribution in [1.82, 2.24) is 25.0 Å². The second-order valence-corrected chi connectivity index (χ2v) is 8.08. The highest BCUT2D eigenvalue weighted by molar-refractivity contribution is 6.05. The molecule has 0 saturated carbocycles. The molecule has 3 amide bonds. The minimum atomic E-state index is -0.612. The van der Waals surface area contributed by atoms with Gasteiger partial charge in [-0.05, 0) is 37.0 Å². The van der Waals surface area contributed by atoms with E-state index in [1.807, 2.05) is 23.9 Å². The molecule has 4 heterocycles. The van der Waals surface area contributed by atoms with Crippen molar-refractivity contribution in [2.75, 3.05) is 13.2 Å². The van der Waals surface area contributed by atoms with E-state index in [1.54, 1.807) is 11.0 Å². The SMILES string of the molecule is Cn1nc(-c2ccc3c(c2)CN(C2CCC(=O)NC2=O)C3=O)nc1C1CCOCC1. The number of imide groups is 1. The van der Waals surface area contributed by atoms with E-state index in [0.717, 1.165) is 43.0 Å². The zero-order valence-electron chi connectivity index (χ0n) is 16.8. The number of hydrogen-bond acceptors (Lipinski definition) is 6. The van der Waals surface area contributed by atoms with Gasteiger partial charge in [0.15, 0.2) is 5.82 Å². The van der Waals surface area contributed by atoms with Gasteiger partial charge >= 0.3 is 0 Å². The Morgan fingerprint density at radius 2 is 1.93 bits per heavy atom. The van der Waals surface area contributed by atoms with E-state index in [-0.39, 0.29) is 18.2 Å². The van der Waals surface area contributed by atoms with E-state index in [9.17, 15) is 14.4 Å². The summed E-state index contributed by atoms with van der Waals surface area (Å²) in [5.74, 6) is 1.06. The van der Waals surface area contributed by atoms with Crippen molar-refractivity contribution >= 4 is 17.7 Å². The lowest BCUT2D eigenvalue weighted by atomic mass is 9.99. The lowest BCUT2D eigenvalue weighted by Gasteiger charge is -2.29. The molecular weight excluding hydrogens is 386 g/mol. The summed E-state index contributed by atoms with van der Waals surface area (Å²) in [6.45, 7) is 1.82. The maximum absolute atomic E-state index is 12.8. The molecule has 1 unspecified atom stereocenters. The van der Waals surface area contributed by atoms with Crippen molar-refractivity contribution in [1.29, 1.82) is 0 Å². The van der Waals surface area contributed by atoms with Crippen LogP contribution in [0.3, 0.4) is 0 Å². The summed E-state index contributed by atoms with van der Waals surface area (Å²) in [7, 11) is 1.91. The number of nitrogens with zero attached hydrogens (tertiary/aromatic N) is 4. The summed E-state index contributed by atoms with van der Waals surface area (Å²) in [4.78, 5) is 42.8. The second-order valence-electron chi connectivity index (χ2n) is 8.08. The predicted molar refractivity (Wildman–Crippen MR) is 105 cm³/mol. The highest BCUT2D eigenvalue weighted by Crippen LogP contribution is 2.32. The van der Waals surface area contributed by atoms with Crippen molar-refractivity contribution in [3.05, 3.63) is 35.2 Å². The number of benzene rings is 1. The van der Waals surface area contributed by atoms with Crippen LogP contribution in [0.1, 0.15) is 53.3 Å². The highest BCUT2D eigenvalue weighted by Gasteiger charge is 2.39. The molecule has 0 spiro atoms. The topological polar surface area (TPSA) is 106 Å². The first kappa shape index (κ1) is 18.9. The third-order valence-corrected chi connectivity index (χ3v) is 6.16. The molecule has 0 bridgehead atoms. The van der Waals surface area contributed by atoms with Crippen LogP contribution in [0, 0.1) is 0 Å². The van der Waals surface area contributed by atoms with Crippen LogP contribution in [-0.2, 0) is 27.9 Å². The molecule has 9 nitrogen and oxygen atoms in total. The molecule has 2 aromatic rings. The number of hydrogen-bond donors (Lipinski definition) is 1. The first-order chi connectivity index (χ1) is 14.5. The van der Waals surface area contributed by atoms with Crippen LogP contribution in [0.15, 0.2) is 18.2 Å². The average molecular weight is 409 g/mol. The summed E-state index contributed by atoms with van der Waals surface area (Å²) < 4.78 is 7.28. The van der Waals surface area contributed by atoms with E-state index in [4.69, 9.17) is 9.72 Å². The van der Waals surface area contributed by atoms with E-state index in [0.29, 0.717) is 30.3 Å². The molecule has 2 saturated heterocycles. The molecule has 2 fully saturated rings. The van der Waals surface area contributed by atoms with Gasteiger partial charge in [-0.15, -0.1) is 0 Å². The first-order valence-corrected chi connectivity index (χ1v) is 10.3. The second kappa shape index (κ2) is 7.32. The molecule has 0 radical (unpaired) electrons. The molecule has 156 valence electrons. The molecule has 3 aliphatic heterocycles. The Kier molecular flexibility index (Phi) is 4.62. The van der Waals surface area contributed by atoms with Crippen LogP contribution in [0.4, 0.5) is 0 Å². The van der Waals surface area contributed by atoms with Crippen LogP contribution in [0.5, 0.6) is 0 Å². The minimum absolute atomic E-state index is 0.178. The summed E-state index contributed by atoms with van der Waals surface area (Å²) in [5.41, 5.74) is 2.28. The molecule has 0 aliphatic carbocycles. The van der Waals surface area contributed by atoms with Crippen LogP contribution >= 0.6 is 0 Å². The molecule has 1 aromatic carbocycles. The summed E-state index contributed by atoms with van der Waals surface area (Å²) >= 11 is 0. The van der Waals surface area contributed by atoms with E-state index < -0.39 is 11.9 Å². The lowest BCUT2D eigenvalue weighted by molar-refractivity contribution is -0.136. The number of ether oxygens (including phenoxy) is 1. The maximum atomic E-state index is 12.8. The summed E-state index contributed by atoms with van der Waals surface area (Å²) in [5, 5.41) is 6.92. The van der Waals surface area contributed by atoms with Crippen LogP contribution in [0.2, 0.25) is 0 Å². The number of aromatic nitrogens is 3. The smallest absolute Gasteiger partial charge is 0.255 e. The summed E-state index contributed by atoms with van der Waals surface area (Å²) in [6, 6.07) is 4.96. The maximum Gasteiger partial charge on any atom is 0.255 e. The quantitative estimate of drug-likeness (QED) is 0.762. The average Bonchev–Trinajstić information content (AvgIpc) is 3.29. The van der Waals surface area contributed by atoms with Crippen molar-refractivity contribution in [3.63, 3.8) is 0 Å². The van der Waals surface area contributed by atoms with Crippen molar-refractivity contribution in [2.24, 2.45) is 7.05 Å². The van der Waals surface area contributed by atoms with Crippen LogP contribution in [0.25, 0.3) is 11.4 Å². The Morgan fingerprint density at radius 3 is 2.70 bits per heavy atom. The largest absolute Gasteiger partial charge is 0.381 e. The Balaban J connectivity index is 1.40. The molecule has 3 aliphatic rings. The highest BCUT2D eigenvalue weighted by atomic mass is 16.5. The van der Waals surface area contributed by atoms with Gasteiger partial charge in [-0.1, -0.05) is 6.07 Å². The number of rotatable bonds is 3. The van der Waals surface area contributed by atoms with Gasteiger partial charge in [-0.25, -0.2) is 4.98 Å². The van der Waals surface area contributed by atoms with Gasteiger partial charge in [0.25, 0.3) is 5.91 Å². The van der Waals surface area contributed by atoms with Crippen molar-refractivity contribution < 1.29 is 19.1 Å². The zero-order valence-corrected chi connectivity index (χ0v) is 16.8. The van der Waals surface area contributed by atoms with Gasteiger partial charge in [0, 0.05) is 50.3 Å². The third-order valence-electron chi connectivity index (χ3n) is 6.16. The molecular formula is C21H23N5O4. The van der Waals surface area contributed by atoms with Gasteiger partial charge in [-0.2, -0.15) is 5.10 Å². The normalized spacial score (nSPS) is 22.4. The Labute approximate surface area is 173 Å². The lowest BCUT2D eigenvalue weighted by Crippen LogP contribution is -2.52.